The molecule has 0 aromatic heterocycles. The van der Waals surface area contributed by atoms with E-state index in [4.69, 9.17) is 5.73 Å². The first-order valence-electron chi connectivity index (χ1n) is 5.19. The van der Waals surface area contributed by atoms with Gasteiger partial charge in [0.15, 0.2) is 0 Å². The Bertz CT molecular complexity index is 336. The van der Waals surface area contributed by atoms with Crippen LogP contribution in [0.5, 0.6) is 0 Å². The molecule has 1 atom stereocenters. The summed E-state index contributed by atoms with van der Waals surface area (Å²) in [6.07, 6.45) is 3.59. The Morgan fingerprint density at radius 2 is 2.13 bits per heavy atom. The standard InChI is InChI=1S/C12H16FN.ClH/c1-8-10(3-2-4-11(8)13)12(14)7-9-5-6-9;/h2-4,9,12H,5-7,14H2,1H3;1H/t12-;/m1./s1. The molecule has 2 N–H and O–H groups in total. The van der Waals surface area contributed by atoms with Gasteiger partial charge in [-0.15, -0.1) is 12.4 Å². The van der Waals surface area contributed by atoms with Crippen LogP contribution in [-0.2, 0) is 0 Å². The van der Waals surface area contributed by atoms with E-state index in [1.54, 1.807) is 13.0 Å². The molecule has 0 aliphatic heterocycles. The van der Waals surface area contributed by atoms with Crippen molar-refractivity contribution in [3.8, 4) is 0 Å². The molecular formula is C12H17ClFN. The summed E-state index contributed by atoms with van der Waals surface area (Å²) >= 11 is 0. The second-order valence-electron chi connectivity index (χ2n) is 4.24. The molecule has 0 amide bonds. The fraction of sp³-hybridized carbons (Fsp3) is 0.500. The molecule has 1 nitrogen and oxygen atoms in total. The van der Waals surface area contributed by atoms with Crippen LogP contribution < -0.4 is 5.73 Å². The van der Waals surface area contributed by atoms with E-state index in [0.29, 0.717) is 5.56 Å². The van der Waals surface area contributed by atoms with Crippen molar-refractivity contribution in [3.05, 3.63) is 35.1 Å². The summed E-state index contributed by atoms with van der Waals surface area (Å²) in [5, 5.41) is 0. The highest BCUT2D eigenvalue weighted by atomic mass is 35.5. The minimum absolute atomic E-state index is 0. The van der Waals surface area contributed by atoms with Crippen molar-refractivity contribution in [2.45, 2.75) is 32.2 Å². The summed E-state index contributed by atoms with van der Waals surface area (Å²) in [4.78, 5) is 0. The van der Waals surface area contributed by atoms with Gasteiger partial charge in [0.05, 0.1) is 0 Å². The van der Waals surface area contributed by atoms with Crippen LogP contribution in [0.3, 0.4) is 0 Å². The Kier molecular flexibility index (Phi) is 4.12. The molecule has 2 rings (SSSR count). The third-order valence-corrected chi connectivity index (χ3v) is 2.99. The van der Waals surface area contributed by atoms with Gasteiger partial charge in [0.25, 0.3) is 0 Å². The van der Waals surface area contributed by atoms with Gasteiger partial charge in [-0.2, -0.15) is 0 Å². The lowest BCUT2D eigenvalue weighted by atomic mass is 9.97. The Morgan fingerprint density at radius 1 is 1.47 bits per heavy atom. The van der Waals surface area contributed by atoms with E-state index >= 15 is 0 Å². The van der Waals surface area contributed by atoms with E-state index < -0.39 is 0 Å². The van der Waals surface area contributed by atoms with Crippen LogP contribution in [0.2, 0.25) is 0 Å². The quantitative estimate of drug-likeness (QED) is 0.845. The van der Waals surface area contributed by atoms with Gasteiger partial charge in [-0.3, -0.25) is 0 Å². The van der Waals surface area contributed by atoms with Crippen molar-refractivity contribution in [3.63, 3.8) is 0 Å². The van der Waals surface area contributed by atoms with E-state index in [9.17, 15) is 4.39 Å². The van der Waals surface area contributed by atoms with Crippen LogP contribution in [0.4, 0.5) is 4.39 Å². The zero-order valence-electron chi connectivity index (χ0n) is 8.87. The van der Waals surface area contributed by atoms with Gasteiger partial charge in [0, 0.05) is 6.04 Å². The second kappa shape index (κ2) is 4.95. The Balaban J connectivity index is 0.00000112. The monoisotopic (exact) mass is 229 g/mol. The average Bonchev–Trinajstić information content (AvgIpc) is 2.93. The van der Waals surface area contributed by atoms with E-state index in [0.717, 1.165) is 17.9 Å². The summed E-state index contributed by atoms with van der Waals surface area (Å²) in [5.41, 5.74) is 7.72. The number of benzene rings is 1. The Morgan fingerprint density at radius 3 is 2.73 bits per heavy atom. The number of rotatable bonds is 3. The number of hydrogen-bond donors (Lipinski definition) is 1. The van der Waals surface area contributed by atoms with Crippen molar-refractivity contribution in [1.29, 1.82) is 0 Å². The maximum Gasteiger partial charge on any atom is 0.126 e. The molecule has 1 aromatic carbocycles. The molecule has 3 heteroatoms. The fourth-order valence-corrected chi connectivity index (χ4v) is 1.87. The number of nitrogens with two attached hydrogens (primary N) is 1. The topological polar surface area (TPSA) is 26.0 Å². The van der Waals surface area contributed by atoms with Crippen molar-refractivity contribution in [2.24, 2.45) is 11.7 Å². The zero-order chi connectivity index (χ0) is 10.1. The van der Waals surface area contributed by atoms with Gasteiger partial charge in [0.1, 0.15) is 5.82 Å². The van der Waals surface area contributed by atoms with Crippen LogP contribution >= 0.6 is 12.4 Å². The molecule has 1 saturated carbocycles. The summed E-state index contributed by atoms with van der Waals surface area (Å²) in [6.45, 7) is 1.80. The molecule has 0 spiro atoms. The van der Waals surface area contributed by atoms with Crippen molar-refractivity contribution in [1.82, 2.24) is 0 Å². The summed E-state index contributed by atoms with van der Waals surface area (Å²) < 4.78 is 13.2. The largest absolute Gasteiger partial charge is 0.324 e. The van der Waals surface area contributed by atoms with E-state index in [-0.39, 0.29) is 24.3 Å². The van der Waals surface area contributed by atoms with Gasteiger partial charge in [-0.05, 0) is 36.5 Å². The molecule has 1 aliphatic carbocycles. The SMILES string of the molecule is Cc1c(F)cccc1[C@H](N)CC1CC1.Cl. The predicted octanol–water partition coefficient (Wildman–Crippen LogP) is 3.36. The molecule has 0 bridgehead atoms. The van der Waals surface area contributed by atoms with Crippen LogP contribution in [0.1, 0.15) is 36.4 Å². The molecule has 0 unspecified atom stereocenters. The third kappa shape index (κ3) is 2.93. The molecule has 0 radical (unpaired) electrons. The third-order valence-electron chi connectivity index (χ3n) is 2.99. The van der Waals surface area contributed by atoms with Crippen LogP contribution in [0.25, 0.3) is 0 Å². The molecule has 84 valence electrons. The van der Waals surface area contributed by atoms with Gasteiger partial charge in [-0.25, -0.2) is 4.39 Å². The maximum atomic E-state index is 13.2. The molecular weight excluding hydrogens is 213 g/mol. The second-order valence-corrected chi connectivity index (χ2v) is 4.24. The normalized spacial score (nSPS) is 17.0. The van der Waals surface area contributed by atoms with Crippen LogP contribution in [0, 0.1) is 18.7 Å². The molecule has 0 saturated heterocycles. The van der Waals surface area contributed by atoms with Gasteiger partial charge in [0.2, 0.25) is 0 Å². The van der Waals surface area contributed by atoms with Gasteiger partial charge >= 0.3 is 0 Å². The summed E-state index contributed by atoms with van der Waals surface area (Å²) in [5.74, 6) is 0.640. The minimum Gasteiger partial charge on any atom is -0.324 e. The summed E-state index contributed by atoms with van der Waals surface area (Å²) in [6, 6.07) is 5.18. The Hall–Kier alpha value is -0.600. The highest BCUT2D eigenvalue weighted by molar-refractivity contribution is 5.85. The van der Waals surface area contributed by atoms with E-state index in [1.807, 2.05) is 6.07 Å². The zero-order valence-corrected chi connectivity index (χ0v) is 9.69. The first-order valence-corrected chi connectivity index (χ1v) is 5.19. The molecule has 1 aromatic rings. The Labute approximate surface area is 96.3 Å². The van der Waals surface area contributed by atoms with E-state index in [2.05, 4.69) is 0 Å². The first kappa shape index (κ1) is 12.5. The van der Waals surface area contributed by atoms with Crippen molar-refractivity contribution >= 4 is 12.4 Å². The lowest BCUT2D eigenvalue weighted by Crippen LogP contribution is -2.13. The van der Waals surface area contributed by atoms with Gasteiger partial charge < -0.3 is 5.73 Å². The highest BCUT2D eigenvalue weighted by Crippen LogP contribution is 2.37. The lowest BCUT2D eigenvalue weighted by Gasteiger charge is -2.14. The fourth-order valence-electron chi connectivity index (χ4n) is 1.87. The molecule has 15 heavy (non-hydrogen) atoms. The summed E-state index contributed by atoms with van der Waals surface area (Å²) in [7, 11) is 0. The van der Waals surface area contributed by atoms with Crippen molar-refractivity contribution in [2.75, 3.05) is 0 Å². The highest BCUT2D eigenvalue weighted by Gasteiger charge is 2.25. The average molecular weight is 230 g/mol. The van der Waals surface area contributed by atoms with Gasteiger partial charge in [-0.1, -0.05) is 25.0 Å². The maximum absolute atomic E-state index is 13.2. The van der Waals surface area contributed by atoms with E-state index in [1.165, 1.54) is 18.9 Å². The van der Waals surface area contributed by atoms with Crippen LogP contribution in [-0.4, -0.2) is 0 Å². The van der Waals surface area contributed by atoms with Crippen LogP contribution in [0.15, 0.2) is 18.2 Å². The predicted molar refractivity (Wildman–Crippen MR) is 62.7 cm³/mol. The molecule has 1 fully saturated rings. The lowest BCUT2D eigenvalue weighted by molar-refractivity contribution is 0.575. The molecule has 1 aliphatic rings. The smallest absolute Gasteiger partial charge is 0.126 e. The molecule has 0 heterocycles. The number of halogens is 2. The number of hydrogen-bond acceptors (Lipinski definition) is 1. The minimum atomic E-state index is -0.145. The van der Waals surface area contributed by atoms with Crippen molar-refractivity contribution < 1.29 is 4.39 Å². The first-order chi connectivity index (χ1) is 6.68.